The van der Waals surface area contributed by atoms with Crippen LogP contribution in [0.2, 0.25) is 0 Å². The van der Waals surface area contributed by atoms with E-state index in [1.807, 2.05) is 25.1 Å². The van der Waals surface area contributed by atoms with E-state index in [9.17, 15) is 4.79 Å². The summed E-state index contributed by atoms with van der Waals surface area (Å²) in [5.74, 6) is -0.0687. The molecule has 1 heterocycles. The summed E-state index contributed by atoms with van der Waals surface area (Å²) in [6.07, 6.45) is 9.13. The van der Waals surface area contributed by atoms with E-state index in [0.29, 0.717) is 13.2 Å². The lowest BCUT2D eigenvalue weighted by Gasteiger charge is -2.30. The summed E-state index contributed by atoms with van der Waals surface area (Å²) in [4.78, 5) is 20.0. The van der Waals surface area contributed by atoms with Crippen LogP contribution in [-0.4, -0.2) is 49.4 Å². The fraction of sp³-hybridized carbons (Fsp3) is 0.667. The summed E-state index contributed by atoms with van der Waals surface area (Å²) in [6, 6.07) is 10.3. The standard InChI is InChI=1S/C24H38N2O3/c1-3-5-6-7-11-16-23(21-13-9-8-10-14-21)25-29-19-18-26-17-12-15-22(20-26)24(27)28-4-2/h8-10,13-14,22H,3-7,11-12,15-20H2,1-2H3. The van der Waals surface area contributed by atoms with Crippen molar-refractivity contribution in [2.75, 3.05) is 32.8 Å². The third-order valence-corrected chi connectivity index (χ3v) is 5.42. The maximum atomic E-state index is 12.0. The molecule has 2 rings (SSSR count). The number of carbonyl (C=O) groups excluding carboxylic acids is 1. The molecule has 29 heavy (non-hydrogen) atoms. The van der Waals surface area contributed by atoms with E-state index in [0.717, 1.165) is 56.6 Å². The monoisotopic (exact) mass is 402 g/mol. The lowest BCUT2D eigenvalue weighted by atomic mass is 9.98. The lowest BCUT2D eigenvalue weighted by molar-refractivity contribution is -0.150. The number of oxime groups is 1. The van der Waals surface area contributed by atoms with Gasteiger partial charge < -0.3 is 9.57 Å². The molecule has 0 saturated carbocycles. The fourth-order valence-electron chi connectivity index (χ4n) is 3.77. The van der Waals surface area contributed by atoms with Crippen LogP contribution in [0.1, 0.15) is 70.8 Å². The number of likely N-dealkylation sites (tertiary alicyclic amines) is 1. The zero-order chi connectivity index (χ0) is 20.7. The number of hydrogen-bond donors (Lipinski definition) is 0. The molecular weight excluding hydrogens is 364 g/mol. The van der Waals surface area contributed by atoms with Crippen molar-refractivity contribution >= 4 is 11.7 Å². The molecule has 0 aliphatic carbocycles. The van der Waals surface area contributed by atoms with Crippen LogP contribution < -0.4 is 0 Å². The van der Waals surface area contributed by atoms with Gasteiger partial charge in [-0.25, -0.2) is 0 Å². The summed E-state index contributed by atoms with van der Waals surface area (Å²) in [6.45, 7) is 7.65. The summed E-state index contributed by atoms with van der Waals surface area (Å²) in [5.41, 5.74) is 2.17. The van der Waals surface area contributed by atoms with E-state index < -0.39 is 0 Å². The van der Waals surface area contributed by atoms with Gasteiger partial charge in [0.2, 0.25) is 0 Å². The van der Waals surface area contributed by atoms with Gasteiger partial charge in [0.25, 0.3) is 0 Å². The minimum atomic E-state index is -0.0643. The van der Waals surface area contributed by atoms with Crippen molar-refractivity contribution in [2.45, 2.75) is 65.2 Å². The predicted molar refractivity (Wildman–Crippen MR) is 118 cm³/mol. The molecule has 1 atom stereocenters. The molecule has 5 nitrogen and oxygen atoms in total. The molecule has 5 heteroatoms. The van der Waals surface area contributed by atoms with Crippen LogP contribution >= 0.6 is 0 Å². The Morgan fingerprint density at radius 2 is 1.93 bits per heavy atom. The first-order valence-electron chi connectivity index (χ1n) is 11.4. The van der Waals surface area contributed by atoms with Gasteiger partial charge in [-0.2, -0.15) is 0 Å². The van der Waals surface area contributed by atoms with Crippen LogP contribution in [0.3, 0.4) is 0 Å². The zero-order valence-electron chi connectivity index (χ0n) is 18.3. The van der Waals surface area contributed by atoms with Crippen LogP contribution in [0.4, 0.5) is 0 Å². The van der Waals surface area contributed by atoms with Crippen molar-refractivity contribution in [1.82, 2.24) is 4.90 Å². The molecule has 1 aliphatic rings. The van der Waals surface area contributed by atoms with E-state index >= 15 is 0 Å². The SMILES string of the molecule is CCCCCCCC(=NOCCN1CCCC(C(=O)OCC)C1)c1ccccc1. The summed E-state index contributed by atoms with van der Waals surface area (Å²) < 4.78 is 5.18. The number of unbranched alkanes of at least 4 members (excludes halogenated alkanes) is 4. The molecule has 0 amide bonds. The molecule has 1 saturated heterocycles. The maximum Gasteiger partial charge on any atom is 0.310 e. The summed E-state index contributed by atoms with van der Waals surface area (Å²) >= 11 is 0. The number of benzene rings is 1. The second-order valence-electron chi connectivity index (χ2n) is 7.79. The van der Waals surface area contributed by atoms with E-state index in [-0.39, 0.29) is 11.9 Å². The van der Waals surface area contributed by atoms with Gasteiger partial charge in [0.05, 0.1) is 18.2 Å². The van der Waals surface area contributed by atoms with Gasteiger partial charge >= 0.3 is 5.97 Å². The van der Waals surface area contributed by atoms with Crippen molar-refractivity contribution in [2.24, 2.45) is 11.1 Å². The Balaban J connectivity index is 1.79. The highest BCUT2D eigenvalue weighted by Gasteiger charge is 2.26. The second-order valence-corrected chi connectivity index (χ2v) is 7.79. The van der Waals surface area contributed by atoms with Crippen molar-refractivity contribution in [3.05, 3.63) is 35.9 Å². The number of rotatable bonds is 13. The third-order valence-electron chi connectivity index (χ3n) is 5.42. The number of carbonyl (C=O) groups is 1. The maximum absolute atomic E-state index is 12.0. The first-order valence-corrected chi connectivity index (χ1v) is 11.4. The zero-order valence-corrected chi connectivity index (χ0v) is 18.3. The van der Waals surface area contributed by atoms with Crippen LogP contribution in [0.15, 0.2) is 35.5 Å². The van der Waals surface area contributed by atoms with Gasteiger partial charge in [0, 0.05) is 13.1 Å². The third kappa shape index (κ3) is 8.99. The molecule has 1 fully saturated rings. The second kappa shape index (κ2) is 14.2. The fourth-order valence-corrected chi connectivity index (χ4v) is 3.77. The first-order chi connectivity index (χ1) is 14.2. The number of nitrogens with zero attached hydrogens (tertiary/aromatic N) is 2. The van der Waals surface area contributed by atoms with E-state index in [1.54, 1.807) is 0 Å². The van der Waals surface area contributed by atoms with E-state index in [4.69, 9.17) is 9.57 Å². The highest BCUT2D eigenvalue weighted by molar-refractivity contribution is 6.00. The summed E-state index contributed by atoms with van der Waals surface area (Å²) in [7, 11) is 0. The Morgan fingerprint density at radius 1 is 1.14 bits per heavy atom. The van der Waals surface area contributed by atoms with Crippen LogP contribution in [0.5, 0.6) is 0 Å². The Morgan fingerprint density at radius 3 is 2.69 bits per heavy atom. The number of esters is 1. The van der Waals surface area contributed by atoms with Crippen molar-refractivity contribution in [1.29, 1.82) is 0 Å². The minimum absolute atomic E-state index is 0.00444. The Labute approximate surface area is 176 Å². The molecule has 0 radical (unpaired) electrons. The Bertz CT molecular complexity index is 603. The minimum Gasteiger partial charge on any atom is -0.466 e. The first kappa shape index (κ1) is 23.4. The van der Waals surface area contributed by atoms with E-state index in [1.165, 1.54) is 25.7 Å². The molecule has 1 aliphatic heterocycles. The van der Waals surface area contributed by atoms with Crippen LogP contribution in [0, 0.1) is 5.92 Å². The quantitative estimate of drug-likeness (QED) is 0.201. The molecule has 0 N–H and O–H groups in total. The molecule has 0 spiro atoms. The van der Waals surface area contributed by atoms with Crippen molar-refractivity contribution in [3.8, 4) is 0 Å². The molecule has 0 bridgehead atoms. The van der Waals surface area contributed by atoms with Crippen molar-refractivity contribution in [3.63, 3.8) is 0 Å². The number of piperidine rings is 1. The number of ether oxygens (including phenoxy) is 1. The molecule has 0 aromatic heterocycles. The van der Waals surface area contributed by atoms with Gasteiger partial charge in [-0.05, 0) is 44.7 Å². The van der Waals surface area contributed by atoms with Crippen LogP contribution in [-0.2, 0) is 14.4 Å². The smallest absolute Gasteiger partial charge is 0.310 e. The molecule has 1 unspecified atom stereocenters. The highest BCUT2D eigenvalue weighted by atomic mass is 16.6. The Hall–Kier alpha value is -1.88. The largest absolute Gasteiger partial charge is 0.466 e. The van der Waals surface area contributed by atoms with E-state index in [2.05, 4.69) is 29.1 Å². The van der Waals surface area contributed by atoms with Gasteiger partial charge in [-0.15, -0.1) is 0 Å². The van der Waals surface area contributed by atoms with Crippen LogP contribution in [0.25, 0.3) is 0 Å². The normalized spacial score (nSPS) is 17.9. The highest BCUT2D eigenvalue weighted by Crippen LogP contribution is 2.18. The predicted octanol–water partition coefficient (Wildman–Crippen LogP) is 5.04. The van der Waals surface area contributed by atoms with Crippen molar-refractivity contribution < 1.29 is 14.4 Å². The van der Waals surface area contributed by atoms with Gasteiger partial charge in [-0.1, -0.05) is 68.1 Å². The average molecular weight is 403 g/mol. The Kier molecular flexibility index (Phi) is 11.4. The summed E-state index contributed by atoms with van der Waals surface area (Å²) in [5, 5.41) is 4.48. The molecule has 1 aromatic carbocycles. The topological polar surface area (TPSA) is 51.1 Å². The average Bonchev–Trinajstić information content (AvgIpc) is 2.76. The number of hydrogen-bond acceptors (Lipinski definition) is 5. The van der Waals surface area contributed by atoms with Gasteiger partial charge in [0.15, 0.2) is 0 Å². The molecule has 162 valence electrons. The molecular formula is C24H38N2O3. The lowest BCUT2D eigenvalue weighted by Crippen LogP contribution is -2.40. The molecule has 1 aromatic rings. The van der Waals surface area contributed by atoms with Gasteiger partial charge in [-0.3, -0.25) is 9.69 Å². The van der Waals surface area contributed by atoms with Gasteiger partial charge in [0.1, 0.15) is 6.61 Å².